The Morgan fingerprint density at radius 3 is 1.25 bits per heavy atom. The lowest BCUT2D eigenvalue weighted by molar-refractivity contribution is 0.0867. The Kier molecular flexibility index (Phi) is 12.6. The van der Waals surface area contributed by atoms with Crippen LogP contribution in [0.25, 0.3) is 0 Å². The van der Waals surface area contributed by atoms with Crippen molar-refractivity contribution in [3.05, 3.63) is 59.7 Å². The van der Waals surface area contributed by atoms with Crippen molar-refractivity contribution < 1.29 is 19.1 Å². The smallest absolute Gasteiger partial charge is 0.167 e. The summed E-state index contributed by atoms with van der Waals surface area (Å²) in [6, 6.07) is 14.9. The first-order valence-electron chi connectivity index (χ1n) is 13.1. The monoisotopic (exact) mass is 496 g/mol. The number of Topliss-reactive ketones (excluding diaryl/α,β-unsaturated/α-hetero) is 2. The fraction of sp³-hybridized carbons (Fsp3) is 0.533. The summed E-state index contributed by atoms with van der Waals surface area (Å²) >= 11 is 0. The van der Waals surface area contributed by atoms with Gasteiger partial charge in [0.1, 0.15) is 11.5 Å². The Labute approximate surface area is 217 Å². The van der Waals surface area contributed by atoms with E-state index in [0.717, 1.165) is 48.3 Å². The zero-order valence-electron chi connectivity index (χ0n) is 23.0. The number of carbonyl (C=O) groups excluding carboxylic acids is 2. The third kappa shape index (κ3) is 9.75. The second-order valence-corrected chi connectivity index (χ2v) is 9.85. The Balaban J connectivity index is 1.99. The highest BCUT2D eigenvalue weighted by Gasteiger charge is 2.23. The van der Waals surface area contributed by atoms with Gasteiger partial charge in [0, 0.05) is 36.1 Å². The maximum Gasteiger partial charge on any atom is 0.167 e. The van der Waals surface area contributed by atoms with Crippen LogP contribution in [0.15, 0.2) is 48.5 Å². The van der Waals surface area contributed by atoms with E-state index in [2.05, 4.69) is 9.80 Å². The van der Waals surface area contributed by atoms with Gasteiger partial charge in [0.25, 0.3) is 0 Å². The fourth-order valence-electron chi connectivity index (χ4n) is 4.51. The zero-order chi connectivity index (χ0) is 26.5. The lowest BCUT2D eigenvalue weighted by Crippen LogP contribution is -2.29. The summed E-state index contributed by atoms with van der Waals surface area (Å²) in [5.74, 6) is 1.74. The third-order valence-electron chi connectivity index (χ3n) is 6.17. The quantitative estimate of drug-likeness (QED) is 0.214. The molecule has 6 heteroatoms. The molecule has 36 heavy (non-hydrogen) atoms. The normalized spacial score (nSPS) is 13.0. The highest BCUT2D eigenvalue weighted by atomic mass is 16.5. The Bertz CT molecular complexity index is 845. The van der Waals surface area contributed by atoms with E-state index in [9.17, 15) is 9.59 Å². The molecule has 0 heterocycles. The minimum Gasteiger partial charge on any atom is -0.494 e. The van der Waals surface area contributed by atoms with Gasteiger partial charge in [-0.3, -0.25) is 9.59 Å². The van der Waals surface area contributed by atoms with Crippen molar-refractivity contribution in [3.63, 3.8) is 0 Å². The summed E-state index contributed by atoms with van der Waals surface area (Å²) in [7, 11) is 8.00. The maximum atomic E-state index is 13.3. The number of hydrogen-bond donors (Lipinski definition) is 0. The number of nitrogens with zero attached hydrogens (tertiary/aromatic N) is 2. The van der Waals surface area contributed by atoms with Crippen molar-refractivity contribution in [2.75, 3.05) is 54.5 Å². The summed E-state index contributed by atoms with van der Waals surface area (Å²) < 4.78 is 11.0. The second-order valence-electron chi connectivity index (χ2n) is 9.85. The van der Waals surface area contributed by atoms with E-state index in [1.165, 1.54) is 0 Å². The SMILES string of the molecule is CCOc1ccc(C(=O)[C@H](CCCC[C@@H](CN(C)C)C(=O)c2ccc(OCC)cc2)CN(C)C)cc1. The number of ketones is 2. The van der Waals surface area contributed by atoms with Crippen LogP contribution < -0.4 is 9.47 Å². The largest absolute Gasteiger partial charge is 0.494 e. The molecule has 198 valence electrons. The van der Waals surface area contributed by atoms with Crippen molar-refractivity contribution >= 4 is 11.6 Å². The van der Waals surface area contributed by atoms with E-state index in [1.54, 1.807) is 0 Å². The molecule has 0 N–H and O–H groups in total. The fourth-order valence-corrected chi connectivity index (χ4v) is 4.51. The standard InChI is InChI=1S/C30H44N2O4/c1-7-35-27-17-13-23(14-18-27)29(33)25(21-31(3)4)11-9-10-12-26(22-32(5)6)30(34)24-15-19-28(20-16-24)36-8-2/h13-20,25-26H,7-12,21-22H2,1-6H3/t25-,26+. The number of carbonyl (C=O) groups is 2. The molecule has 0 fully saturated rings. The molecule has 2 atom stereocenters. The lowest BCUT2D eigenvalue weighted by atomic mass is 9.88. The minimum atomic E-state index is -0.0768. The molecule has 0 aromatic heterocycles. The molecule has 0 aliphatic heterocycles. The van der Waals surface area contributed by atoms with Crippen molar-refractivity contribution in [2.24, 2.45) is 11.8 Å². The summed E-state index contributed by atoms with van der Waals surface area (Å²) in [4.78, 5) is 30.6. The highest BCUT2D eigenvalue weighted by Crippen LogP contribution is 2.23. The molecular weight excluding hydrogens is 452 g/mol. The van der Waals surface area contributed by atoms with Crippen molar-refractivity contribution in [2.45, 2.75) is 39.5 Å². The van der Waals surface area contributed by atoms with E-state index >= 15 is 0 Å². The van der Waals surface area contributed by atoms with Crippen molar-refractivity contribution in [1.82, 2.24) is 9.80 Å². The maximum absolute atomic E-state index is 13.3. The Morgan fingerprint density at radius 1 is 0.639 bits per heavy atom. The van der Waals surface area contributed by atoms with E-state index < -0.39 is 0 Å². The Hall–Kier alpha value is -2.70. The molecule has 0 saturated carbocycles. The number of rotatable bonds is 17. The molecular formula is C30H44N2O4. The van der Waals surface area contributed by atoms with Crippen LogP contribution in [-0.4, -0.2) is 75.9 Å². The molecule has 0 amide bonds. The number of ether oxygens (including phenoxy) is 2. The van der Waals surface area contributed by atoms with Gasteiger partial charge in [-0.25, -0.2) is 0 Å². The highest BCUT2D eigenvalue weighted by molar-refractivity contribution is 5.98. The number of unbranched alkanes of at least 4 members (excludes halogenated alkanes) is 1. The predicted molar refractivity (Wildman–Crippen MR) is 146 cm³/mol. The molecule has 0 aliphatic carbocycles. The van der Waals surface area contributed by atoms with E-state index in [0.29, 0.717) is 26.3 Å². The van der Waals surface area contributed by atoms with Gasteiger partial charge in [-0.2, -0.15) is 0 Å². The van der Waals surface area contributed by atoms with E-state index in [1.807, 2.05) is 90.6 Å². The van der Waals surface area contributed by atoms with Gasteiger partial charge in [-0.05, 0) is 103 Å². The topological polar surface area (TPSA) is 59.1 Å². The van der Waals surface area contributed by atoms with Gasteiger partial charge < -0.3 is 19.3 Å². The van der Waals surface area contributed by atoms with Crippen LogP contribution in [0.3, 0.4) is 0 Å². The van der Waals surface area contributed by atoms with Gasteiger partial charge in [-0.15, -0.1) is 0 Å². The van der Waals surface area contributed by atoms with Crippen molar-refractivity contribution in [1.29, 1.82) is 0 Å². The van der Waals surface area contributed by atoms with Gasteiger partial charge in [-0.1, -0.05) is 12.8 Å². The Morgan fingerprint density at radius 2 is 0.972 bits per heavy atom. The molecule has 2 aromatic carbocycles. The van der Waals surface area contributed by atoms with Gasteiger partial charge in [0.05, 0.1) is 13.2 Å². The molecule has 0 spiro atoms. The predicted octanol–water partition coefficient (Wildman–Crippen LogP) is 5.47. The number of benzene rings is 2. The molecule has 0 saturated heterocycles. The first kappa shape index (κ1) is 29.5. The third-order valence-corrected chi connectivity index (χ3v) is 6.17. The minimum absolute atomic E-state index is 0.0768. The molecule has 0 bridgehead atoms. The van der Waals surface area contributed by atoms with Crippen LogP contribution in [0.1, 0.15) is 60.2 Å². The first-order valence-corrected chi connectivity index (χ1v) is 13.1. The molecule has 6 nitrogen and oxygen atoms in total. The summed E-state index contributed by atoms with van der Waals surface area (Å²) in [6.45, 7) is 6.51. The van der Waals surface area contributed by atoms with Crippen LogP contribution in [0.5, 0.6) is 11.5 Å². The van der Waals surface area contributed by atoms with Crippen molar-refractivity contribution in [3.8, 4) is 11.5 Å². The lowest BCUT2D eigenvalue weighted by Gasteiger charge is -2.22. The zero-order valence-corrected chi connectivity index (χ0v) is 23.0. The van der Waals surface area contributed by atoms with Crippen LogP contribution in [0.2, 0.25) is 0 Å². The average Bonchev–Trinajstić information content (AvgIpc) is 2.85. The summed E-state index contributed by atoms with van der Waals surface area (Å²) in [5.41, 5.74) is 1.45. The molecule has 0 aliphatic rings. The molecule has 2 aromatic rings. The van der Waals surface area contributed by atoms with E-state index in [-0.39, 0.29) is 23.4 Å². The summed E-state index contributed by atoms with van der Waals surface area (Å²) in [5, 5.41) is 0. The molecule has 0 unspecified atom stereocenters. The van der Waals surface area contributed by atoms with Crippen LogP contribution in [0, 0.1) is 11.8 Å². The molecule has 2 rings (SSSR count). The van der Waals surface area contributed by atoms with Gasteiger partial charge >= 0.3 is 0 Å². The van der Waals surface area contributed by atoms with Crippen LogP contribution >= 0.6 is 0 Å². The number of hydrogen-bond acceptors (Lipinski definition) is 6. The second kappa shape index (κ2) is 15.4. The van der Waals surface area contributed by atoms with Crippen LogP contribution in [-0.2, 0) is 0 Å². The average molecular weight is 497 g/mol. The van der Waals surface area contributed by atoms with Crippen LogP contribution in [0.4, 0.5) is 0 Å². The van der Waals surface area contributed by atoms with Gasteiger partial charge in [0.15, 0.2) is 11.6 Å². The first-order chi connectivity index (χ1) is 17.2. The van der Waals surface area contributed by atoms with E-state index in [4.69, 9.17) is 9.47 Å². The molecule has 0 radical (unpaired) electrons. The van der Waals surface area contributed by atoms with Gasteiger partial charge in [0.2, 0.25) is 0 Å². The summed E-state index contributed by atoms with van der Waals surface area (Å²) in [6.07, 6.45) is 3.41.